The molecule has 8 heteroatoms. The van der Waals surface area contributed by atoms with E-state index < -0.39 is 5.92 Å². The highest BCUT2D eigenvalue weighted by Gasteiger charge is 2.37. The molecule has 1 aliphatic carbocycles. The van der Waals surface area contributed by atoms with Gasteiger partial charge in [-0.3, -0.25) is 9.59 Å². The van der Waals surface area contributed by atoms with E-state index in [4.69, 9.17) is 16.0 Å². The van der Waals surface area contributed by atoms with Crippen molar-refractivity contribution in [1.82, 2.24) is 15.1 Å². The van der Waals surface area contributed by atoms with Gasteiger partial charge in [0, 0.05) is 25.2 Å². The molecule has 1 unspecified atom stereocenters. The summed E-state index contributed by atoms with van der Waals surface area (Å²) in [5, 5.41) is 8.76. The molecular formula is C26H27ClN4O3. The Kier molecular flexibility index (Phi) is 6.37. The Bertz CT molecular complexity index is 1220. The molecule has 2 aromatic carbocycles. The van der Waals surface area contributed by atoms with Gasteiger partial charge in [0.25, 0.3) is 0 Å². The van der Waals surface area contributed by atoms with E-state index in [0.29, 0.717) is 35.5 Å². The van der Waals surface area contributed by atoms with Crippen LogP contribution >= 0.6 is 11.6 Å². The molecule has 2 heterocycles. The molecule has 0 bridgehead atoms. The molecule has 1 atom stereocenters. The largest absolute Gasteiger partial charge is 0.419 e. The van der Waals surface area contributed by atoms with E-state index in [1.807, 2.05) is 31.2 Å². The van der Waals surface area contributed by atoms with Crippen LogP contribution in [0.3, 0.4) is 0 Å². The number of fused-ring (bicyclic) bond motifs is 1. The van der Waals surface area contributed by atoms with Crippen molar-refractivity contribution in [2.75, 3.05) is 18.0 Å². The van der Waals surface area contributed by atoms with E-state index in [0.717, 1.165) is 31.4 Å². The molecule has 34 heavy (non-hydrogen) atoms. The van der Waals surface area contributed by atoms with Gasteiger partial charge in [-0.15, -0.1) is 10.2 Å². The van der Waals surface area contributed by atoms with Crippen molar-refractivity contribution in [3.8, 4) is 11.5 Å². The molecule has 1 fully saturated rings. The summed E-state index contributed by atoms with van der Waals surface area (Å²) in [5.74, 6) is 0.209. The van der Waals surface area contributed by atoms with Crippen LogP contribution in [-0.4, -0.2) is 40.0 Å². The van der Waals surface area contributed by atoms with Gasteiger partial charge in [-0.05, 0) is 61.1 Å². The predicted molar refractivity (Wildman–Crippen MR) is 129 cm³/mol. The van der Waals surface area contributed by atoms with Crippen molar-refractivity contribution in [3.05, 3.63) is 64.5 Å². The van der Waals surface area contributed by atoms with E-state index >= 15 is 0 Å². The fraction of sp³-hybridized carbons (Fsp3) is 0.385. The van der Waals surface area contributed by atoms with Crippen molar-refractivity contribution >= 4 is 29.1 Å². The SMILES string of the molecule is CCCN(Cc1nnc(-c2ccccc2Cl)o1)C(=O)C1CC(=O)N(c2ccc3c(c2)CCC3)C1. The fourth-order valence-electron chi connectivity index (χ4n) is 4.87. The Morgan fingerprint density at radius 3 is 2.82 bits per heavy atom. The lowest BCUT2D eigenvalue weighted by Crippen LogP contribution is -2.37. The van der Waals surface area contributed by atoms with E-state index in [2.05, 4.69) is 22.3 Å². The van der Waals surface area contributed by atoms with Gasteiger partial charge < -0.3 is 14.2 Å². The first-order chi connectivity index (χ1) is 16.5. The second kappa shape index (κ2) is 9.58. The minimum absolute atomic E-state index is 0.00783. The average Bonchev–Trinajstić information content (AvgIpc) is 3.58. The van der Waals surface area contributed by atoms with Gasteiger partial charge in [0.05, 0.1) is 23.0 Å². The number of nitrogens with zero attached hydrogens (tertiary/aromatic N) is 4. The number of carbonyl (C=O) groups is 2. The smallest absolute Gasteiger partial charge is 0.249 e. The van der Waals surface area contributed by atoms with Crippen molar-refractivity contribution in [3.63, 3.8) is 0 Å². The first-order valence-corrected chi connectivity index (χ1v) is 12.2. The summed E-state index contributed by atoms with van der Waals surface area (Å²) in [5.41, 5.74) is 4.23. The molecule has 0 N–H and O–H groups in total. The van der Waals surface area contributed by atoms with Crippen LogP contribution in [0.5, 0.6) is 0 Å². The van der Waals surface area contributed by atoms with E-state index in [1.165, 1.54) is 11.1 Å². The number of amides is 2. The lowest BCUT2D eigenvalue weighted by Gasteiger charge is -2.24. The molecule has 2 amide bonds. The summed E-state index contributed by atoms with van der Waals surface area (Å²) >= 11 is 6.24. The van der Waals surface area contributed by atoms with Gasteiger partial charge >= 0.3 is 0 Å². The number of aryl methyl sites for hydroxylation is 2. The van der Waals surface area contributed by atoms with Crippen molar-refractivity contribution in [1.29, 1.82) is 0 Å². The first-order valence-electron chi connectivity index (χ1n) is 11.8. The van der Waals surface area contributed by atoms with Crippen molar-refractivity contribution < 1.29 is 14.0 Å². The van der Waals surface area contributed by atoms with Gasteiger partial charge in [0.2, 0.25) is 23.6 Å². The Hall–Kier alpha value is -3.19. The zero-order valence-corrected chi connectivity index (χ0v) is 19.9. The van der Waals surface area contributed by atoms with Crippen molar-refractivity contribution in [2.24, 2.45) is 5.92 Å². The Balaban J connectivity index is 1.29. The lowest BCUT2D eigenvalue weighted by molar-refractivity contribution is -0.136. The molecule has 0 saturated carbocycles. The number of rotatable bonds is 7. The van der Waals surface area contributed by atoms with Crippen LogP contribution in [0.1, 0.15) is 43.2 Å². The third-order valence-electron chi connectivity index (χ3n) is 6.57. The highest BCUT2D eigenvalue weighted by Crippen LogP contribution is 2.32. The van der Waals surface area contributed by atoms with Crippen LogP contribution in [0.4, 0.5) is 5.69 Å². The number of carbonyl (C=O) groups excluding carboxylic acids is 2. The number of hydrogen-bond donors (Lipinski definition) is 0. The normalized spacial score (nSPS) is 17.3. The molecule has 5 rings (SSSR count). The third-order valence-corrected chi connectivity index (χ3v) is 6.90. The number of benzene rings is 2. The van der Waals surface area contributed by atoms with Crippen molar-refractivity contribution in [2.45, 2.75) is 45.6 Å². The number of halogens is 1. The van der Waals surface area contributed by atoms with Gasteiger partial charge in [0.1, 0.15) is 0 Å². The average molecular weight is 479 g/mol. The summed E-state index contributed by atoms with van der Waals surface area (Å²) in [6, 6.07) is 13.5. The fourth-order valence-corrected chi connectivity index (χ4v) is 5.08. The molecule has 0 radical (unpaired) electrons. The number of aromatic nitrogens is 2. The maximum atomic E-state index is 13.4. The Morgan fingerprint density at radius 2 is 2.00 bits per heavy atom. The topological polar surface area (TPSA) is 79.5 Å². The highest BCUT2D eigenvalue weighted by molar-refractivity contribution is 6.33. The van der Waals surface area contributed by atoms with Crippen LogP contribution in [0.2, 0.25) is 5.02 Å². The summed E-state index contributed by atoms with van der Waals surface area (Å²) in [7, 11) is 0. The standard InChI is InChI=1S/C26H27ClN4O3/c1-2-12-30(16-23-28-29-25(34-23)21-8-3-4-9-22(21)27)26(33)19-14-24(32)31(15-19)20-11-10-17-6-5-7-18(17)13-20/h3-4,8-11,13,19H,2,5-7,12,14-16H2,1H3. The van der Waals surface area contributed by atoms with Crippen LogP contribution in [0.25, 0.3) is 11.5 Å². The molecule has 7 nitrogen and oxygen atoms in total. The predicted octanol–water partition coefficient (Wildman–Crippen LogP) is 4.67. The third kappa shape index (κ3) is 4.44. The zero-order chi connectivity index (χ0) is 23.7. The molecule has 1 aromatic heterocycles. The lowest BCUT2D eigenvalue weighted by atomic mass is 10.1. The maximum Gasteiger partial charge on any atom is 0.249 e. The number of hydrogen-bond acceptors (Lipinski definition) is 5. The summed E-state index contributed by atoms with van der Waals surface area (Å²) in [4.78, 5) is 29.7. The molecule has 1 saturated heterocycles. The van der Waals surface area contributed by atoms with Gasteiger partial charge in [0.15, 0.2) is 0 Å². The molecule has 176 valence electrons. The van der Waals surface area contributed by atoms with Crippen LogP contribution in [0, 0.1) is 5.92 Å². The van der Waals surface area contributed by atoms with E-state index in [1.54, 1.807) is 15.9 Å². The minimum Gasteiger partial charge on any atom is -0.419 e. The monoisotopic (exact) mass is 478 g/mol. The molecule has 2 aliphatic rings. The highest BCUT2D eigenvalue weighted by atomic mass is 35.5. The Labute approximate surface area is 203 Å². The van der Waals surface area contributed by atoms with Crippen LogP contribution in [-0.2, 0) is 29.0 Å². The molecular weight excluding hydrogens is 452 g/mol. The summed E-state index contributed by atoms with van der Waals surface area (Å²) < 4.78 is 5.82. The maximum absolute atomic E-state index is 13.4. The summed E-state index contributed by atoms with van der Waals surface area (Å²) in [6.07, 6.45) is 4.31. The quantitative estimate of drug-likeness (QED) is 0.493. The molecule has 3 aromatic rings. The van der Waals surface area contributed by atoms with E-state index in [-0.39, 0.29) is 24.8 Å². The van der Waals surface area contributed by atoms with Gasteiger partial charge in [-0.2, -0.15) is 0 Å². The molecule has 0 spiro atoms. The second-order valence-electron chi connectivity index (χ2n) is 8.95. The van der Waals surface area contributed by atoms with E-state index in [9.17, 15) is 9.59 Å². The number of anilines is 1. The minimum atomic E-state index is -0.390. The molecule has 1 aliphatic heterocycles. The van der Waals surface area contributed by atoms with Gasteiger partial charge in [-0.1, -0.05) is 36.7 Å². The second-order valence-corrected chi connectivity index (χ2v) is 9.36. The van der Waals surface area contributed by atoms with Crippen LogP contribution in [0.15, 0.2) is 46.9 Å². The zero-order valence-electron chi connectivity index (χ0n) is 19.2. The van der Waals surface area contributed by atoms with Gasteiger partial charge in [-0.25, -0.2) is 0 Å². The summed E-state index contributed by atoms with van der Waals surface area (Å²) in [6.45, 7) is 3.16. The first kappa shape index (κ1) is 22.6. The van der Waals surface area contributed by atoms with Crippen LogP contribution < -0.4 is 4.90 Å². The Morgan fingerprint density at radius 1 is 1.18 bits per heavy atom.